The molecule has 0 radical (unpaired) electrons. The van der Waals surface area contributed by atoms with Crippen molar-refractivity contribution in [3.8, 4) is 0 Å². The quantitative estimate of drug-likeness (QED) is 0.406. The maximum atomic E-state index is 12.7. The number of amides is 1. The van der Waals surface area contributed by atoms with Gasteiger partial charge in [0.15, 0.2) is 6.61 Å². The molecule has 0 aliphatic rings. The molecule has 0 bridgehead atoms. The van der Waals surface area contributed by atoms with Crippen LogP contribution in [0.5, 0.6) is 0 Å². The molecule has 0 saturated carbocycles. The lowest BCUT2D eigenvalue weighted by Gasteiger charge is -2.16. The zero-order valence-corrected chi connectivity index (χ0v) is 17.2. The first-order valence-electron chi connectivity index (χ1n) is 9.06. The van der Waals surface area contributed by atoms with Crippen molar-refractivity contribution in [2.24, 2.45) is 0 Å². The van der Waals surface area contributed by atoms with Gasteiger partial charge in [0, 0.05) is 16.5 Å². The topological polar surface area (TPSA) is 55.4 Å². The van der Waals surface area contributed by atoms with Gasteiger partial charge in [-0.05, 0) is 35.4 Å². The molecule has 0 aliphatic heterocycles. The summed E-state index contributed by atoms with van der Waals surface area (Å²) in [5.41, 5.74) is 1.74. The molecule has 3 aromatic carbocycles. The summed E-state index contributed by atoms with van der Waals surface area (Å²) in [7, 11) is 0. The van der Waals surface area contributed by atoms with E-state index in [4.69, 9.17) is 16.3 Å². The zero-order valence-electron chi connectivity index (χ0n) is 15.6. The number of carbonyl (C=O) groups excluding carboxylic acids is 2. The third kappa shape index (κ3) is 6.66. The summed E-state index contributed by atoms with van der Waals surface area (Å²) in [5, 5.41) is 2.82. The molecule has 0 aromatic heterocycles. The maximum absolute atomic E-state index is 12.7. The lowest BCUT2D eigenvalue weighted by Crippen LogP contribution is -2.29. The Hall–Kier alpha value is -2.76. The second kappa shape index (κ2) is 10.7. The first-order chi connectivity index (χ1) is 14.1. The van der Waals surface area contributed by atoms with Crippen LogP contribution in [0.4, 0.5) is 0 Å². The van der Waals surface area contributed by atoms with Gasteiger partial charge in [-0.25, -0.2) is 0 Å². The van der Waals surface area contributed by atoms with Crippen molar-refractivity contribution in [2.45, 2.75) is 16.7 Å². The van der Waals surface area contributed by atoms with Crippen molar-refractivity contribution in [1.29, 1.82) is 0 Å². The van der Waals surface area contributed by atoms with E-state index < -0.39 is 11.2 Å². The lowest BCUT2D eigenvalue weighted by atomic mass is 10.1. The summed E-state index contributed by atoms with van der Waals surface area (Å²) in [6.07, 6.45) is 0. The van der Waals surface area contributed by atoms with Crippen molar-refractivity contribution >= 4 is 35.2 Å². The van der Waals surface area contributed by atoms with Crippen LogP contribution in [0, 0.1) is 0 Å². The lowest BCUT2D eigenvalue weighted by molar-refractivity contribution is -0.148. The molecule has 4 nitrogen and oxygen atoms in total. The summed E-state index contributed by atoms with van der Waals surface area (Å²) < 4.78 is 5.31. The molecule has 1 amide bonds. The summed E-state index contributed by atoms with van der Waals surface area (Å²) in [6.45, 7) is 0.0134. The predicted molar refractivity (Wildman–Crippen MR) is 116 cm³/mol. The first-order valence-corrected chi connectivity index (χ1v) is 10.3. The Morgan fingerprint density at radius 3 is 2.17 bits per heavy atom. The Kier molecular flexibility index (Phi) is 7.73. The summed E-state index contributed by atoms with van der Waals surface area (Å²) in [5.74, 6) is -0.809. The predicted octanol–water partition coefficient (Wildman–Crippen LogP) is 5.03. The molecule has 0 aliphatic carbocycles. The molecule has 0 saturated heterocycles. The Morgan fingerprint density at radius 2 is 1.52 bits per heavy atom. The first kappa shape index (κ1) is 21.0. The van der Waals surface area contributed by atoms with E-state index in [1.54, 1.807) is 12.1 Å². The molecule has 1 atom stereocenters. The molecule has 0 unspecified atom stereocenters. The minimum Gasteiger partial charge on any atom is -0.454 e. The van der Waals surface area contributed by atoms with Crippen LogP contribution in [0.2, 0.25) is 5.02 Å². The van der Waals surface area contributed by atoms with Gasteiger partial charge >= 0.3 is 5.97 Å². The fourth-order valence-electron chi connectivity index (χ4n) is 2.58. The molecule has 3 aromatic rings. The standard InChI is InChI=1S/C23H20ClNO3S/c24-19-13-11-17(12-14-19)15-25-21(26)16-28-23(27)22(18-7-3-1-4-8-18)29-20-9-5-2-6-10-20/h1-14,22H,15-16H2,(H,25,26)/t22-/m1/s1. The number of nitrogens with one attached hydrogen (secondary N) is 1. The molecule has 0 heterocycles. The highest BCUT2D eigenvalue weighted by Crippen LogP contribution is 2.36. The number of ether oxygens (including phenoxy) is 1. The highest BCUT2D eigenvalue weighted by atomic mass is 35.5. The van der Waals surface area contributed by atoms with Crippen molar-refractivity contribution < 1.29 is 14.3 Å². The monoisotopic (exact) mass is 425 g/mol. The normalized spacial score (nSPS) is 11.5. The van der Waals surface area contributed by atoms with Crippen molar-refractivity contribution in [3.63, 3.8) is 0 Å². The molecule has 29 heavy (non-hydrogen) atoms. The van der Waals surface area contributed by atoms with Gasteiger partial charge < -0.3 is 10.1 Å². The minimum absolute atomic E-state index is 0.328. The van der Waals surface area contributed by atoms with E-state index in [9.17, 15) is 9.59 Å². The van der Waals surface area contributed by atoms with Crippen LogP contribution in [0.3, 0.4) is 0 Å². The Bertz CT molecular complexity index is 933. The van der Waals surface area contributed by atoms with Crippen molar-refractivity contribution in [3.05, 3.63) is 101 Å². The van der Waals surface area contributed by atoms with Crippen LogP contribution in [-0.4, -0.2) is 18.5 Å². The number of benzene rings is 3. The fourth-order valence-corrected chi connectivity index (χ4v) is 3.75. The van der Waals surface area contributed by atoms with E-state index in [1.807, 2.05) is 72.8 Å². The molecule has 1 N–H and O–H groups in total. The number of thioether (sulfide) groups is 1. The van der Waals surface area contributed by atoms with E-state index in [-0.39, 0.29) is 12.5 Å². The molecule has 0 spiro atoms. The van der Waals surface area contributed by atoms with E-state index in [1.165, 1.54) is 11.8 Å². The van der Waals surface area contributed by atoms with Gasteiger partial charge in [-0.1, -0.05) is 72.3 Å². The minimum atomic E-state index is -0.553. The van der Waals surface area contributed by atoms with Gasteiger partial charge in [-0.2, -0.15) is 0 Å². The second-order valence-electron chi connectivity index (χ2n) is 6.23. The number of esters is 1. The average molecular weight is 426 g/mol. The smallest absolute Gasteiger partial charge is 0.324 e. The number of hydrogen-bond donors (Lipinski definition) is 1. The summed E-state index contributed by atoms with van der Waals surface area (Å²) in [4.78, 5) is 25.8. The summed E-state index contributed by atoms with van der Waals surface area (Å²) >= 11 is 7.24. The van der Waals surface area contributed by atoms with Gasteiger partial charge in [0.2, 0.25) is 0 Å². The van der Waals surface area contributed by atoms with Gasteiger partial charge in [0.25, 0.3) is 5.91 Å². The van der Waals surface area contributed by atoms with Gasteiger partial charge in [-0.3, -0.25) is 9.59 Å². The van der Waals surface area contributed by atoms with Gasteiger partial charge in [0.1, 0.15) is 5.25 Å². The average Bonchev–Trinajstić information content (AvgIpc) is 2.76. The van der Waals surface area contributed by atoms with Crippen LogP contribution in [0.15, 0.2) is 89.8 Å². The number of hydrogen-bond acceptors (Lipinski definition) is 4. The van der Waals surface area contributed by atoms with Gasteiger partial charge in [0.05, 0.1) is 0 Å². The van der Waals surface area contributed by atoms with Crippen molar-refractivity contribution in [1.82, 2.24) is 5.32 Å². The Labute approximate surface area is 179 Å². The molecule has 0 fully saturated rings. The SMILES string of the molecule is O=C(COC(=O)[C@H](Sc1ccccc1)c1ccccc1)NCc1ccc(Cl)cc1. The number of carbonyl (C=O) groups is 2. The maximum Gasteiger partial charge on any atom is 0.324 e. The highest BCUT2D eigenvalue weighted by molar-refractivity contribution is 8.00. The van der Waals surface area contributed by atoms with Gasteiger partial charge in [-0.15, -0.1) is 11.8 Å². The number of halogens is 1. The van der Waals surface area contributed by atoms with E-state index in [2.05, 4.69) is 5.32 Å². The molecular formula is C23H20ClNO3S. The summed E-state index contributed by atoms with van der Waals surface area (Å²) in [6, 6.07) is 26.2. The van der Waals surface area contributed by atoms with Crippen LogP contribution in [0.25, 0.3) is 0 Å². The van der Waals surface area contributed by atoms with E-state index in [0.717, 1.165) is 16.0 Å². The van der Waals surface area contributed by atoms with Crippen LogP contribution >= 0.6 is 23.4 Å². The molecule has 148 valence electrons. The third-order valence-electron chi connectivity index (χ3n) is 4.06. The fraction of sp³-hybridized carbons (Fsp3) is 0.130. The second-order valence-corrected chi connectivity index (χ2v) is 7.85. The number of rotatable bonds is 8. The van der Waals surface area contributed by atoms with Crippen LogP contribution in [-0.2, 0) is 20.9 Å². The van der Waals surface area contributed by atoms with E-state index >= 15 is 0 Å². The van der Waals surface area contributed by atoms with Crippen molar-refractivity contribution in [2.75, 3.05) is 6.61 Å². The largest absolute Gasteiger partial charge is 0.454 e. The zero-order chi connectivity index (χ0) is 20.5. The molecule has 6 heteroatoms. The third-order valence-corrected chi connectivity index (χ3v) is 5.56. The van der Waals surface area contributed by atoms with Crippen LogP contribution in [0.1, 0.15) is 16.4 Å². The highest BCUT2D eigenvalue weighted by Gasteiger charge is 2.24. The molecule has 3 rings (SSSR count). The Morgan fingerprint density at radius 1 is 0.897 bits per heavy atom. The van der Waals surface area contributed by atoms with E-state index in [0.29, 0.717) is 11.6 Å². The Balaban J connectivity index is 1.57. The molecular weight excluding hydrogens is 406 g/mol. The van der Waals surface area contributed by atoms with Crippen LogP contribution < -0.4 is 5.32 Å².